The number of hydrogen-bond donors (Lipinski definition) is 2. The van der Waals surface area contributed by atoms with Crippen LogP contribution in [0.5, 0.6) is 0 Å². The molecule has 5 nitrogen and oxygen atoms in total. The van der Waals surface area contributed by atoms with Gasteiger partial charge in [-0.2, -0.15) is 0 Å². The third-order valence-electron chi connectivity index (χ3n) is 4.58. The number of carbonyl (C=O) groups excluding carboxylic acids is 1. The van der Waals surface area contributed by atoms with Crippen LogP contribution in [0.4, 0.5) is 14.5 Å². The molecule has 3 aromatic carbocycles. The number of sulfonamides is 1. The Morgan fingerprint density at radius 3 is 2.07 bits per heavy atom. The maximum Gasteiger partial charge on any atom is 0.261 e. The van der Waals surface area contributed by atoms with Crippen LogP contribution < -0.4 is 10.0 Å². The molecule has 0 aromatic heterocycles. The van der Waals surface area contributed by atoms with E-state index in [-0.39, 0.29) is 22.0 Å². The molecule has 1 atom stereocenters. The van der Waals surface area contributed by atoms with Crippen molar-refractivity contribution in [1.29, 1.82) is 0 Å². The minimum Gasteiger partial charge on any atom is -0.346 e. The lowest BCUT2D eigenvalue weighted by molar-refractivity contribution is 0.0939. The lowest BCUT2D eigenvalue weighted by Gasteiger charge is -2.16. The summed E-state index contributed by atoms with van der Waals surface area (Å²) in [6.45, 7) is 3.44. The smallest absolute Gasteiger partial charge is 0.261 e. The van der Waals surface area contributed by atoms with E-state index >= 15 is 0 Å². The molecule has 0 aliphatic rings. The molecule has 0 heterocycles. The zero-order chi connectivity index (χ0) is 21.9. The van der Waals surface area contributed by atoms with Crippen molar-refractivity contribution in [3.05, 3.63) is 95.1 Å². The van der Waals surface area contributed by atoms with Gasteiger partial charge >= 0.3 is 0 Å². The van der Waals surface area contributed by atoms with Gasteiger partial charge in [-0.25, -0.2) is 17.2 Å². The molecule has 8 heteroatoms. The first-order chi connectivity index (χ1) is 14.2. The Morgan fingerprint density at radius 2 is 1.47 bits per heavy atom. The lowest BCUT2D eigenvalue weighted by Crippen LogP contribution is -2.27. The van der Waals surface area contributed by atoms with E-state index in [4.69, 9.17) is 0 Å². The second kappa shape index (κ2) is 8.62. The Kier molecular flexibility index (Phi) is 6.17. The van der Waals surface area contributed by atoms with Crippen molar-refractivity contribution in [2.75, 3.05) is 4.72 Å². The van der Waals surface area contributed by atoms with Gasteiger partial charge in [0.2, 0.25) is 0 Å². The number of rotatable bonds is 6. The van der Waals surface area contributed by atoms with E-state index in [1.54, 1.807) is 26.0 Å². The van der Waals surface area contributed by atoms with Crippen LogP contribution in [0, 0.1) is 18.6 Å². The predicted octanol–water partition coefficient (Wildman–Crippen LogP) is 4.57. The third-order valence-corrected chi connectivity index (χ3v) is 5.96. The van der Waals surface area contributed by atoms with E-state index < -0.39 is 27.8 Å². The van der Waals surface area contributed by atoms with Gasteiger partial charge < -0.3 is 5.32 Å². The fraction of sp³-hybridized carbons (Fsp3) is 0.136. The monoisotopic (exact) mass is 430 g/mol. The molecule has 3 rings (SSSR count). The van der Waals surface area contributed by atoms with Gasteiger partial charge in [0.15, 0.2) is 0 Å². The van der Waals surface area contributed by atoms with Gasteiger partial charge in [0.25, 0.3) is 15.9 Å². The van der Waals surface area contributed by atoms with E-state index in [0.29, 0.717) is 11.1 Å². The summed E-state index contributed by atoms with van der Waals surface area (Å²) in [7, 11) is -3.98. The van der Waals surface area contributed by atoms with E-state index in [9.17, 15) is 22.0 Å². The molecule has 3 aromatic rings. The Hall–Kier alpha value is -3.26. The predicted molar refractivity (Wildman–Crippen MR) is 111 cm³/mol. The maximum atomic E-state index is 13.1. The van der Waals surface area contributed by atoms with Gasteiger partial charge in [-0.05, 0) is 73.5 Å². The van der Waals surface area contributed by atoms with Gasteiger partial charge in [-0.3, -0.25) is 9.52 Å². The summed E-state index contributed by atoms with van der Waals surface area (Å²) in [5, 5.41) is 2.79. The van der Waals surface area contributed by atoms with Crippen LogP contribution in [0.15, 0.2) is 71.6 Å². The number of halogens is 2. The Balaban J connectivity index is 1.82. The summed E-state index contributed by atoms with van der Waals surface area (Å²) in [4.78, 5) is 12.6. The Labute approximate surface area is 173 Å². The molecule has 2 N–H and O–H groups in total. The van der Waals surface area contributed by atoms with Crippen molar-refractivity contribution in [1.82, 2.24) is 5.32 Å². The number of anilines is 1. The summed E-state index contributed by atoms with van der Waals surface area (Å²) in [5.74, 6) is -1.31. The van der Waals surface area contributed by atoms with E-state index in [0.717, 1.165) is 12.1 Å². The molecular formula is C22H20F2N2O3S. The van der Waals surface area contributed by atoms with Crippen LogP contribution in [0.25, 0.3) is 0 Å². The van der Waals surface area contributed by atoms with Crippen molar-refractivity contribution < 1.29 is 22.0 Å². The maximum absolute atomic E-state index is 13.1. The first kappa shape index (κ1) is 21.4. The number of nitrogens with one attached hydrogen (secondary N) is 2. The lowest BCUT2D eigenvalue weighted by atomic mass is 10.1. The van der Waals surface area contributed by atoms with Crippen LogP contribution in [0.2, 0.25) is 0 Å². The molecule has 1 amide bonds. The van der Waals surface area contributed by atoms with Crippen molar-refractivity contribution in [2.45, 2.75) is 24.8 Å². The van der Waals surface area contributed by atoms with Crippen molar-refractivity contribution >= 4 is 21.6 Å². The average molecular weight is 430 g/mol. The molecule has 0 saturated carbocycles. The molecule has 0 aliphatic carbocycles. The standard InChI is InChI=1S/C22H20F2N2O3S/c1-14-3-12-20(30(28,29)26-19-10-8-18(24)9-11-19)13-21(14)22(27)25-15(2)16-4-6-17(23)7-5-16/h3-13,15,26H,1-2H3,(H,25,27). The Morgan fingerprint density at radius 1 is 0.900 bits per heavy atom. The zero-order valence-corrected chi connectivity index (χ0v) is 17.1. The molecule has 0 radical (unpaired) electrons. The quantitative estimate of drug-likeness (QED) is 0.602. The van der Waals surface area contributed by atoms with Crippen LogP contribution >= 0.6 is 0 Å². The highest BCUT2D eigenvalue weighted by Crippen LogP contribution is 2.21. The first-order valence-electron chi connectivity index (χ1n) is 9.11. The van der Waals surface area contributed by atoms with Crippen molar-refractivity contribution in [3.63, 3.8) is 0 Å². The molecule has 156 valence electrons. The highest BCUT2D eigenvalue weighted by molar-refractivity contribution is 7.92. The fourth-order valence-electron chi connectivity index (χ4n) is 2.85. The number of benzene rings is 3. The molecule has 0 aliphatic heterocycles. The average Bonchev–Trinajstić information content (AvgIpc) is 2.70. The van der Waals surface area contributed by atoms with E-state index in [2.05, 4.69) is 10.0 Å². The van der Waals surface area contributed by atoms with Crippen LogP contribution in [0.3, 0.4) is 0 Å². The van der Waals surface area contributed by atoms with Crippen molar-refractivity contribution in [3.8, 4) is 0 Å². The van der Waals surface area contributed by atoms with Crippen LogP contribution in [0.1, 0.15) is 34.5 Å². The Bertz CT molecular complexity index is 1160. The number of hydrogen-bond acceptors (Lipinski definition) is 3. The van der Waals surface area contributed by atoms with E-state index in [1.165, 1.54) is 42.5 Å². The minimum atomic E-state index is -3.98. The molecule has 30 heavy (non-hydrogen) atoms. The molecule has 0 saturated heterocycles. The highest BCUT2D eigenvalue weighted by atomic mass is 32.2. The second-order valence-electron chi connectivity index (χ2n) is 6.84. The van der Waals surface area contributed by atoms with Crippen molar-refractivity contribution in [2.24, 2.45) is 0 Å². The van der Waals surface area contributed by atoms with Gasteiger partial charge in [-0.1, -0.05) is 18.2 Å². The highest BCUT2D eigenvalue weighted by Gasteiger charge is 2.19. The second-order valence-corrected chi connectivity index (χ2v) is 8.52. The molecule has 1 unspecified atom stereocenters. The van der Waals surface area contributed by atoms with Gasteiger partial charge in [0.05, 0.1) is 10.9 Å². The van der Waals surface area contributed by atoms with Gasteiger partial charge in [0, 0.05) is 11.3 Å². The SMILES string of the molecule is Cc1ccc(S(=O)(=O)Nc2ccc(F)cc2)cc1C(=O)NC(C)c1ccc(F)cc1. The topological polar surface area (TPSA) is 75.3 Å². The number of carbonyl (C=O) groups is 1. The van der Waals surface area contributed by atoms with Crippen LogP contribution in [-0.4, -0.2) is 14.3 Å². The van der Waals surface area contributed by atoms with Gasteiger partial charge in [0.1, 0.15) is 11.6 Å². The summed E-state index contributed by atoms with van der Waals surface area (Å²) >= 11 is 0. The van der Waals surface area contributed by atoms with Gasteiger partial charge in [-0.15, -0.1) is 0 Å². The normalized spacial score (nSPS) is 12.3. The largest absolute Gasteiger partial charge is 0.346 e. The summed E-state index contributed by atoms with van der Waals surface area (Å²) in [6, 6.07) is 14.4. The minimum absolute atomic E-state index is 0.1000. The zero-order valence-electron chi connectivity index (χ0n) is 16.3. The van der Waals surface area contributed by atoms with E-state index in [1.807, 2.05) is 0 Å². The number of amides is 1. The fourth-order valence-corrected chi connectivity index (χ4v) is 3.94. The molecule has 0 fully saturated rings. The molecule has 0 spiro atoms. The summed E-state index contributed by atoms with van der Waals surface area (Å²) in [6.07, 6.45) is 0. The van der Waals surface area contributed by atoms with Crippen LogP contribution in [-0.2, 0) is 10.0 Å². The summed E-state index contributed by atoms with van der Waals surface area (Å²) < 4.78 is 53.8. The molecular weight excluding hydrogens is 410 g/mol. The number of aryl methyl sites for hydroxylation is 1. The third kappa shape index (κ3) is 5.01. The molecule has 0 bridgehead atoms. The summed E-state index contributed by atoms with van der Waals surface area (Å²) in [5.41, 5.74) is 1.71. The first-order valence-corrected chi connectivity index (χ1v) is 10.6.